The molecule has 2 aromatic carbocycles. The van der Waals surface area contributed by atoms with Crippen molar-refractivity contribution in [2.75, 3.05) is 12.4 Å². The summed E-state index contributed by atoms with van der Waals surface area (Å²) < 4.78 is 5.33. The van der Waals surface area contributed by atoms with Gasteiger partial charge in [-0.2, -0.15) is 12.6 Å². The summed E-state index contributed by atoms with van der Waals surface area (Å²) in [6, 6.07) is 15.6. The molecule has 0 saturated carbocycles. The highest BCUT2D eigenvalue weighted by Crippen LogP contribution is 2.44. The molecule has 2 aromatic rings. The number of alkyl carbamates (subject to hydrolysis) is 1. The Morgan fingerprint density at radius 3 is 2.22 bits per heavy atom. The van der Waals surface area contributed by atoms with Gasteiger partial charge in [0, 0.05) is 11.7 Å². The standard InChI is InChI=1S/C18H17NO3S/c20-9-12(11-23)19-18(21)22-10-17-15-7-3-1-5-13(15)14-6-2-4-8-16(14)17/h1-9,12,17,23H,10-11H2,(H,19,21)/t12-/m1/s1. The summed E-state index contributed by atoms with van der Waals surface area (Å²) in [6.07, 6.45) is 0.0482. The van der Waals surface area contributed by atoms with Gasteiger partial charge in [-0.3, -0.25) is 0 Å². The number of aldehydes is 1. The zero-order chi connectivity index (χ0) is 16.2. The van der Waals surface area contributed by atoms with Gasteiger partial charge in [0.2, 0.25) is 0 Å². The molecule has 0 bridgehead atoms. The number of ether oxygens (including phenoxy) is 1. The molecule has 1 N–H and O–H groups in total. The molecule has 0 fully saturated rings. The minimum absolute atomic E-state index is 0.0128. The van der Waals surface area contributed by atoms with Gasteiger partial charge in [-0.05, 0) is 22.3 Å². The third kappa shape index (κ3) is 3.10. The van der Waals surface area contributed by atoms with Crippen molar-refractivity contribution in [2.24, 2.45) is 0 Å². The summed E-state index contributed by atoms with van der Waals surface area (Å²) in [6.45, 7) is 0.234. The third-order valence-electron chi connectivity index (χ3n) is 4.01. The van der Waals surface area contributed by atoms with Crippen LogP contribution in [0.15, 0.2) is 48.5 Å². The van der Waals surface area contributed by atoms with E-state index in [0.29, 0.717) is 6.29 Å². The van der Waals surface area contributed by atoms with Crippen molar-refractivity contribution in [2.45, 2.75) is 12.0 Å². The van der Waals surface area contributed by atoms with Gasteiger partial charge in [0.15, 0.2) is 0 Å². The van der Waals surface area contributed by atoms with E-state index in [1.54, 1.807) is 0 Å². The van der Waals surface area contributed by atoms with Crippen molar-refractivity contribution in [3.63, 3.8) is 0 Å². The number of rotatable bonds is 5. The van der Waals surface area contributed by atoms with E-state index in [1.165, 1.54) is 11.1 Å². The topological polar surface area (TPSA) is 55.4 Å². The lowest BCUT2D eigenvalue weighted by Gasteiger charge is -2.15. The fourth-order valence-electron chi connectivity index (χ4n) is 2.91. The fraction of sp³-hybridized carbons (Fsp3) is 0.222. The van der Waals surface area contributed by atoms with E-state index >= 15 is 0 Å². The predicted molar refractivity (Wildman–Crippen MR) is 91.9 cm³/mol. The molecule has 1 atom stereocenters. The van der Waals surface area contributed by atoms with Crippen molar-refractivity contribution in [1.82, 2.24) is 5.32 Å². The van der Waals surface area contributed by atoms with E-state index in [-0.39, 0.29) is 18.3 Å². The Balaban J connectivity index is 1.76. The first-order valence-corrected chi connectivity index (χ1v) is 8.05. The second-order valence-corrected chi connectivity index (χ2v) is 5.76. The highest BCUT2D eigenvalue weighted by molar-refractivity contribution is 7.80. The summed E-state index contributed by atoms with van der Waals surface area (Å²) in [4.78, 5) is 22.6. The Kier molecular flexibility index (Phi) is 4.67. The van der Waals surface area contributed by atoms with Crippen LogP contribution in [0.5, 0.6) is 0 Å². The molecule has 0 saturated heterocycles. The number of carbonyl (C=O) groups is 2. The average molecular weight is 327 g/mol. The number of thiol groups is 1. The van der Waals surface area contributed by atoms with Crippen molar-refractivity contribution in [3.8, 4) is 11.1 Å². The highest BCUT2D eigenvalue weighted by Gasteiger charge is 2.29. The molecule has 0 radical (unpaired) electrons. The van der Waals surface area contributed by atoms with Gasteiger partial charge in [-0.25, -0.2) is 4.79 Å². The van der Waals surface area contributed by atoms with Crippen LogP contribution in [-0.4, -0.2) is 30.8 Å². The van der Waals surface area contributed by atoms with Gasteiger partial charge in [-0.1, -0.05) is 48.5 Å². The van der Waals surface area contributed by atoms with Crippen molar-refractivity contribution >= 4 is 25.0 Å². The van der Waals surface area contributed by atoms with Crippen LogP contribution in [-0.2, 0) is 9.53 Å². The number of amides is 1. The van der Waals surface area contributed by atoms with E-state index in [4.69, 9.17) is 4.74 Å². The Bertz CT molecular complexity index is 686. The van der Waals surface area contributed by atoms with Gasteiger partial charge in [0.05, 0.1) is 6.04 Å². The first-order chi connectivity index (χ1) is 11.2. The van der Waals surface area contributed by atoms with Crippen LogP contribution in [0.4, 0.5) is 4.79 Å². The summed E-state index contributed by atoms with van der Waals surface area (Å²) in [5, 5.41) is 2.48. The number of benzene rings is 2. The van der Waals surface area contributed by atoms with Crippen LogP contribution >= 0.6 is 12.6 Å². The van der Waals surface area contributed by atoms with Gasteiger partial charge >= 0.3 is 6.09 Å². The minimum atomic E-state index is -0.631. The highest BCUT2D eigenvalue weighted by atomic mass is 32.1. The molecule has 23 heavy (non-hydrogen) atoms. The zero-order valence-corrected chi connectivity index (χ0v) is 13.3. The smallest absolute Gasteiger partial charge is 0.407 e. The van der Waals surface area contributed by atoms with E-state index in [9.17, 15) is 9.59 Å². The first-order valence-electron chi connectivity index (χ1n) is 7.42. The van der Waals surface area contributed by atoms with Gasteiger partial charge < -0.3 is 14.8 Å². The minimum Gasteiger partial charge on any atom is -0.449 e. The quantitative estimate of drug-likeness (QED) is 0.656. The molecular formula is C18H17NO3S. The van der Waals surface area contributed by atoms with Crippen LogP contribution in [0.2, 0.25) is 0 Å². The summed E-state index contributed by atoms with van der Waals surface area (Å²) >= 11 is 4.00. The van der Waals surface area contributed by atoms with Gasteiger partial charge in [-0.15, -0.1) is 0 Å². The Morgan fingerprint density at radius 2 is 1.70 bits per heavy atom. The number of carbonyl (C=O) groups excluding carboxylic acids is 2. The van der Waals surface area contributed by atoms with Crippen LogP contribution in [0, 0.1) is 0 Å². The number of hydrogen-bond acceptors (Lipinski definition) is 4. The molecule has 1 amide bonds. The lowest BCUT2D eigenvalue weighted by Crippen LogP contribution is -2.38. The third-order valence-corrected chi connectivity index (χ3v) is 4.40. The van der Waals surface area contributed by atoms with E-state index in [0.717, 1.165) is 11.1 Å². The molecule has 1 aliphatic carbocycles. The summed E-state index contributed by atoms with van der Waals surface area (Å²) in [5.74, 6) is 0.257. The molecule has 0 aliphatic heterocycles. The molecule has 0 unspecified atom stereocenters. The number of hydrogen-bond donors (Lipinski definition) is 2. The molecular weight excluding hydrogens is 310 g/mol. The molecule has 118 valence electrons. The molecule has 4 nitrogen and oxygen atoms in total. The monoisotopic (exact) mass is 327 g/mol. The Hall–Kier alpha value is -2.27. The molecule has 0 heterocycles. The van der Waals surface area contributed by atoms with Gasteiger partial charge in [0.1, 0.15) is 12.9 Å². The lowest BCUT2D eigenvalue weighted by molar-refractivity contribution is -0.109. The number of fused-ring (bicyclic) bond motifs is 3. The summed E-state index contributed by atoms with van der Waals surface area (Å²) in [7, 11) is 0. The lowest BCUT2D eigenvalue weighted by atomic mass is 9.98. The van der Waals surface area contributed by atoms with Crippen LogP contribution in [0.3, 0.4) is 0 Å². The molecule has 1 aliphatic rings. The Morgan fingerprint density at radius 1 is 1.13 bits per heavy atom. The fourth-order valence-corrected chi connectivity index (χ4v) is 3.09. The zero-order valence-electron chi connectivity index (χ0n) is 12.4. The molecule has 0 aromatic heterocycles. The van der Waals surface area contributed by atoms with E-state index in [1.807, 2.05) is 24.3 Å². The van der Waals surface area contributed by atoms with E-state index in [2.05, 4.69) is 42.2 Å². The largest absolute Gasteiger partial charge is 0.449 e. The van der Waals surface area contributed by atoms with Crippen LogP contribution < -0.4 is 5.32 Å². The molecule has 0 spiro atoms. The summed E-state index contributed by atoms with van der Waals surface area (Å²) in [5.41, 5.74) is 4.67. The predicted octanol–water partition coefficient (Wildman–Crippen LogP) is 3.02. The van der Waals surface area contributed by atoms with Crippen LogP contribution in [0.1, 0.15) is 17.0 Å². The average Bonchev–Trinajstić information content (AvgIpc) is 2.92. The Labute approximate surface area is 140 Å². The van der Waals surface area contributed by atoms with Gasteiger partial charge in [0.25, 0.3) is 0 Å². The maximum Gasteiger partial charge on any atom is 0.407 e. The first kappa shape index (κ1) is 15.6. The van der Waals surface area contributed by atoms with Crippen molar-refractivity contribution < 1.29 is 14.3 Å². The normalized spacial score (nSPS) is 13.8. The van der Waals surface area contributed by atoms with Crippen molar-refractivity contribution in [3.05, 3.63) is 59.7 Å². The number of nitrogens with one attached hydrogen (secondary N) is 1. The van der Waals surface area contributed by atoms with E-state index < -0.39 is 12.1 Å². The maximum absolute atomic E-state index is 11.8. The maximum atomic E-state index is 11.8. The molecule has 3 rings (SSSR count). The second kappa shape index (κ2) is 6.87. The second-order valence-electron chi connectivity index (χ2n) is 5.40. The van der Waals surface area contributed by atoms with Crippen LogP contribution in [0.25, 0.3) is 11.1 Å². The SMILES string of the molecule is O=C[C@H](CS)NC(=O)OCC1c2ccccc2-c2ccccc21. The van der Waals surface area contributed by atoms with Crippen molar-refractivity contribution in [1.29, 1.82) is 0 Å². The molecule has 5 heteroatoms.